The summed E-state index contributed by atoms with van der Waals surface area (Å²) in [5.41, 5.74) is 1.04. The largest absolute Gasteiger partial charge is 0.370 e. The monoisotopic (exact) mass is 337 g/mol. The number of rotatable bonds is 2. The van der Waals surface area contributed by atoms with Crippen LogP contribution in [0.2, 0.25) is 5.02 Å². The van der Waals surface area contributed by atoms with Crippen LogP contribution >= 0.6 is 11.6 Å². The molecule has 2 aromatic rings. The maximum Gasteiger partial charge on any atom is 0.254 e. The van der Waals surface area contributed by atoms with Crippen molar-refractivity contribution in [2.24, 2.45) is 0 Å². The third-order valence-electron chi connectivity index (χ3n) is 3.76. The molecule has 1 unspecified atom stereocenters. The molecule has 1 aliphatic heterocycles. The van der Waals surface area contributed by atoms with E-state index in [-0.39, 0.29) is 17.6 Å². The number of benzene rings is 2. The van der Waals surface area contributed by atoms with Gasteiger partial charge in [0, 0.05) is 17.1 Å². The molecule has 0 bridgehead atoms. The minimum absolute atomic E-state index is 0.126. The number of halogens is 3. The first-order valence-corrected chi connectivity index (χ1v) is 7.54. The smallest absolute Gasteiger partial charge is 0.254 e. The molecule has 0 spiro atoms. The molecule has 120 valence electrons. The molecule has 1 fully saturated rings. The SMILES string of the molecule is O=C(c1ccc(F)c(F)c1)N1CCOC(c2ccc(Cl)cc2)C1. The van der Waals surface area contributed by atoms with E-state index >= 15 is 0 Å². The van der Waals surface area contributed by atoms with Crippen LogP contribution in [0.1, 0.15) is 22.0 Å². The normalized spacial score (nSPS) is 18.0. The number of morpholine rings is 1. The Kier molecular flexibility index (Phi) is 4.59. The molecule has 0 N–H and O–H groups in total. The molecule has 1 amide bonds. The molecule has 2 aromatic carbocycles. The van der Waals surface area contributed by atoms with E-state index < -0.39 is 11.6 Å². The summed E-state index contributed by atoms with van der Waals surface area (Å²) in [5.74, 6) is -2.34. The van der Waals surface area contributed by atoms with E-state index in [2.05, 4.69) is 0 Å². The summed E-state index contributed by atoms with van der Waals surface area (Å²) >= 11 is 5.87. The predicted octanol–water partition coefficient (Wildman–Crippen LogP) is 3.83. The van der Waals surface area contributed by atoms with Crippen molar-refractivity contribution in [3.8, 4) is 0 Å². The standard InChI is InChI=1S/C17H14ClF2NO2/c18-13-4-1-11(2-5-13)16-10-21(7-8-23-16)17(22)12-3-6-14(19)15(20)9-12/h1-6,9,16H,7-8,10H2. The Morgan fingerprint density at radius 2 is 1.87 bits per heavy atom. The van der Waals surface area contributed by atoms with Crippen molar-refractivity contribution in [2.75, 3.05) is 19.7 Å². The first-order chi connectivity index (χ1) is 11.0. The Morgan fingerprint density at radius 3 is 2.57 bits per heavy atom. The summed E-state index contributed by atoms with van der Waals surface area (Å²) in [5, 5.41) is 0.624. The van der Waals surface area contributed by atoms with Crippen molar-refractivity contribution >= 4 is 17.5 Å². The lowest BCUT2D eigenvalue weighted by molar-refractivity contribution is -0.0228. The maximum absolute atomic E-state index is 13.3. The van der Waals surface area contributed by atoms with Gasteiger partial charge in [0.1, 0.15) is 6.10 Å². The maximum atomic E-state index is 13.3. The average Bonchev–Trinajstić information content (AvgIpc) is 2.57. The molecule has 1 aliphatic rings. The van der Waals surface area contributed by atoms with Crippen molar-refractivity contribution in [3.63, 3.8) is 0 Å². The zero-order valence-corrected chi connectivity index (χ0v) is 12.9. The van der Waals surface area contributed by atoms with Gasteiger partial charge in [0.25, 0.3) is 5.91 Å². The molecule has 0 aliphatic carbocycles. The number of hydrogen-bond acceptors (Lipinski definition) is 2. The Morgan fingerprint density at radius 1 is 1.13 bits per heavy atom. The lowest BCUT2D eigenvalue weighted by atomic mass is 10.1. The highest BCUT2D eigenvalue weighted by atomic mass is 35.5. The number of ether oxygens (including phenoxy) is 1. The van der Waals surface area contributed by atoms with Crippen LogP contribution in [0.25, 0.3) is 0 Å². The van der Waals surface area contributed by atoms with Gasteiger partial charge in [0.15, 0.2) is 11.6 Å². The molecule has 1 heterocycles. The van der Waals surface area contributed by atoms with Crippen LogP contribution < -0.4 is 0 Å². The van der Waals surface area contributed by atoms with Crippen molar-refractivity contribution in [1.29, 1.82) is 0 Å². The van der Waals surface area contributed by atoms with Gasteiger partial charge in [-0.05, 0) is 35.9 Å². The van der Waals surface area contributed by atoms with Gasteiger partial charge in [-0.1, -0.05) is 23.7 Å². The number of hydrogen-bond donors (Lipinski definition) is 0. The van der Waals surface area contributed by atoms with E-state index in [4.69, 9.17) is 16.3 Å². The number of amides is 1. The minimum atomic E-state index is -1.03. The molecule has 1 atom stereocenters. The Hall–Kier alpha value is -1.98. The summed E-state index contributed by atoms with van der Waals surface area (Å²) in [7, 11) is 0. The van der Waals surface area contributed by atoms with Crippen LogP contribution in [-0.4, -0.2) is 30.5 Å². The Balaban J connectivity index is 1.76. The number of carbonyl (C=O) groups is 1. The summed E-state index contributed by atoms with van der Waals surface area (Å²) in [4.78, 5) is 14.0. The van der Waals surface area contributed by atoms with Crippen LogP contribution in [0.5, 0.6) is 0 Å². The molecule has 3 nitrogen and oxygen atoms in total. The van der Waals surface area contributed by atoms with Crippen LogP contribution in [0.3, 0.4) is 0 Å². The second-order valence-corrected chi connectivity index (χ2v) is 5.73. The summed E-state index contributed by atoms with van der Waals surface area (Å²) in [6, 6.07) is 10.4. The number of carbonyl (C=O) groups excluding carboxylic acids is 1. The average molecular weight is 338 g/mol. The van der Waals surface area contributed by atoms with E-state index in [1.807, 2.05) is 12.1 Å². The third kappa shape index (κ3) is 3.51. The minimum Gasteiger partial charge on any atom is -0.370 e. The first-order valence-electron chi connectivity index (χ1n) is 7.16. The van der Waals surface area contributed by atoms with E-state index in [9.17, 15) is 13.6 Å². The molecule has 1 saturated heterocycles. The molecule has 0 aromatic heterocycles. The van der Waals surface area contributed by atoms with Gasteiger partial charge < -0.3 is 9.64 Å². The van der Waals surface area contributed by atoms with Gasteiger partial charge in [0.05, 0.1) is 13.2 Å². The first kappa shape index (κ1) is 15.9. The Labute approximate surface area is 137 Å². The lowest BCUT2D eigenvalue weighted by Crippen LogP contribution is -2.42. The molecule has 6 heteroatoms. The predicted molar refractivity (Wildman–Crippen MR) is 82.4 cm³/mol. The molecular weight excluding hydrogens is 324 g/mol. The zero-order chi connectivity index (χ0) is 16.4. The van der Waals surface area contributed by atoms with Crippen molar-refractivity contribution in [2.45, 2.75) is 6.10 Å². The highest BCUT2D eigenvalue weighted by molar-refractivity contribution is 6.30. The van der Waals surface area contributed by atoms with E-state index in [0.29, 0.717) is 24.7 Å². The van der Waals surface area contributed by atoms with Gasteiger partial charge in [-0.2, -0.15) is 0 Å². The van der Waals surface area contributed by atoms with Crippen LogP contribution in [-0.2, 0) is 4.74 Å². The van der Waals surface area contributed by atoms with Crippen molar-refractivity contribution in [3.05, 3.63) is 70.2 Å². The van der Waals surface area contributed by atoms with Gasteiger partial charge in [-0.15, -0.1) is 0 Å². The van der Waals surface area contributed by atoms with Gasteiger partial charge in [-0.3, -0.25) is 4.79 Å². The van der Waals surface area contributed by atoms with Crippen LogP contribution in [0, 0.1) is 11.6 Å². The summed E-state index contributed by atoms with van der Waals surface area (Å²) < 4.78 is 32.0. The molecular formula is C17H14ClF2NO2. The third-order valence-corrected chi connectivity index (χ3v) is 4.01. The van der Waals surface area contributed by atoms with E-state index in [0.717, 1.165) is 17.7 Å². The van der Waals surface area contributed by atoms with Crippen molar-refractivity contribution < 1.29 is 18.3 Å². The highest BCUT2D eigenvalue weighted by Crippen LogP contribution is 2.24. The van der Waals surface area contributed by atoms with Gasteiger partial charge in [0.2, 0.25) is 0 Å². The van der Waals surface area contributed by atoms with E-state index in [1.54, 1.807) is 17.0 Å². The lowest BCUT2D eigenvalue weighted by Gasteiger charge is -2.33. The highest BCUT2D eigenvalue weighted by Gasteiger charge is 2.26. The fourth-order valence-corrected chi connectivity index (χ4v) is 2.65. The topological polar surface area (TPSA) is 29.5 Å². The molecule has 0 saturated carbocycles. The number of nitrogens with zero attached hydrogens (tertiary/aromatic N) is 1. The zero-order valence-electron chi connectivity index (χ0n) is 12.1. The molecule has 0 radical (unpaired) electrons. The van der Waals surface area contributed by atoms with Crippen LogP contribution in [0.15, 0.2) is 42.5 Å². The Bertz CT molecular complexity index is 721. The second-order valence-electron chi connectivity index (χ2n) is 5.29. The molecule has 23 heavy (non-hydrogen) atoms. The molecule has 3 rings (SSSR count). The fraction of sp³-hybridized carbons (Fsp3) is 0.235. The summed E-state index contributed by atoms with van der Waals surface area (Å²) in [6.07, 6.45) is -0.268. The van der Waals surface area contributed by atoms with Gasteiger partial charge >= 0.3 is 0 Å². The fourth-order valence-electron chi connectivity index (χ4n) is 2.52. The van der Waals surface area contributed by atoms with Crippen LogP contribution in [0.4, 0.5) is 8.78 Å². The second kappa shape index (κ2) is 6.64. The van der Waals surface area contributed by atoms with Crippen molar-refractivity contribution in [1.82, 2.24) is 4.90 Å². The quantitative estimate of drug-likeness (QED) is 0.833. The van der Waals surface area contributed by atoms with E-state index in [1.165, 1.54) is 6.07 Å². The van der Waals surface area contributed by atoms with Gasteiger partial charge in [-0.25, -0.2) is 8.78 Å². The summed E-state index contributed by atoms with van der Waals surface area (Å²) in [6.45, 7) is 1.13.